The van der Waals surface area contributed by atoms with E-state index in [1.54, 1.807) is 6.20 Å². The molecule has 132 valence electrons. The van der Waals surface area contributed by atoms with Gasteiger partial charge in [-0.2, -0.15) is 0 Å². The number of carbonyl (C=O) groups is 1. The molecule has 3 rings (SSSR count). The first kappa shape index (κ1) is 17.2. The van der Waals surface area contributed by atoms with Crippen LogP contribution in [0, 0.1) is 0 Å². The Kier molecular flexibility index (Phi) is 4.78. The Hall–Kier alpha value is -1.67. The second-order valence-electron chi connectivity index (χ2n) is 6.90. The molecule has 0 radical (unpaired) electrons. The lowest BCUT2D eigenvalue weighted by molar-refractivity contribution is -0.123. The largest absolute Gasteiger partial charge is 0.354 e. The summed E-state index contributed by atoms with van der Waals surface area (Å²) in [7, 11) is -3.01. The average Bonchev–Trinajstić information content (AvgIpc) is 2.82. The van der Waals surface area contributed by atoms with Gasteiger partial charge in [0.1, 0.15) is 5.82 Å². The van der Waals surface area contributed by atoms with Crippen molar-refractivity contribution in [3.8, 4) is 0 Å². The van der Waals surface area contributed by atoms with Gasteiger partial charge in [-0.25, -0.2) is 13.4 Å². The van der Waals surface area contributed by atoms with Crippen molar-refractivity contribution in [3.63, 3.8) is 0 Å². The number of aromatic nitrogens is 1. The quantitative estimate of drug-likeness (QED) is 0.815. The summed E-state index contributed by atoms with van der Waals surface area (Å²) in [5.74, 6) is 1.07. The second kappa shape index (κ2) is 6.68. The average molecular weight is 352 g/mol. The minimum atomic E-state index is -3.01. The summed E-state index contributed by atoms with van der Waals surface area (Å²) in [6.07, 6.45) is 2.28. The molecule has 1 amide bonds. The maximum Gasteiger partial charge on any atom is 0.234 e. The maximum absolute atomic E-state index is 12.3. The third-order valence-corrected chi connectivity index (χ3v) is 6.56. The van der Waals surface area contributed by atoms with Crippen LogP contribution in [-0.4, -0.2) is 74.0 Å². The Balaban J connectivity index is 1.47. The first-order valence-corrected chi connectivity index (χ1v) is 10.1. The Morgan fingerprint density at radius 1 is 1.29 bits per heavy atom. The molecule has 1 atom stereocenters. The third kappa shape index (κ3) is 4.24. The summed E-state index contributed by atoms with van der Waals surface area (Å²) in [6, 6.07) is 5.86. The van der Waals surface area contributed by atoms with Gasteiger partial charge in [-0.05, 0) is 25.5 Å². The zero-order valence-corrected chi connectivity index (χ0v) is 14.8. The van der Waals surface area contributed by atoms with Crippen molar-refractivity contribution in [2.75, 3.05) is 49.1 Å². The summed E-state index contributed by atoms with van der Waals surface area (Å²) < 4.78 is 23.2. The molecule has 0 saturated carbocycles. The van der Waals surface area contributed by atoms with Crippen molar-refractivity contribution >= 4 is 21.6 Å². The van der Waals surface area contributed by atoms with E-state index in [1.165, 1.54) is 0 Å². The van der Waals surface area contributed by atoms with Crippen LogP contribution in [0.3, 0.4) is 0 Å². The number of carbonyl (C=O) groups excluding carboxylic acids is 1. The van der Waals surface area contributed by atoms with Crippen LogP contribution < -0.4 is 10.2 Å². The standard InChI is InChI=1S/C16H24N4O3S/c1-16(5-11-24(22,23)13-16)18-15(21)12-19-7-9-20(10-8-19)14-4-2-3-6-17-14/h2-4,6H,5,7-13H2,1H3,(H,18,21)/t16-/m0/s1. The van der Waals surface area contributed by atoms with Crippen LogP contribution in [0.5, 0.6) is 0 Å². The van der Waals surface area contributed by atoms with E-state index < -0.39 is 15.4 Å². The summed E-state index contributed by atoms with van der Waals surface area (Å²) in [6.45, 7) is 5.37. The number of rotatable bonds is 4. The van der Waals surface area contributed by atoms with E-state index in [0.717, 1.165) is 32.0 Å². The summed E-state index contributed by atoms with van der Waals surface area (Å²) >= 11 is 0. The van der Waals surface area contributed by atoms with Crippen LogP contribution in [0.1, 0.15) is 13.3 Å². The molecule has 0 bridgehead atoms. The summed E-state index contributed by atoms with van der Waals surface area (Å²) in [4.78, 5) is 20.9. The Bertz CT molecular complexity index is 687. The molecule has 24 heavy (non-hydrogen) atoms. The van der Waals surface area contributed by atoms with Gasteiger partial charge < -0.3 is 10.2 Å². The van der Waals surface area contributed by atoms with E-state index in [-0.39, 0.29) is 17.4 Å². The zero-order valence-electron chi connectivity index (χ0n) is 13.9. The molecule has 0 unspecified atom stereocenters. The van der Waals surface area contributed by atoms with Gasteiger partial charge in [-0.1, -0.05) is 6.07 Å². The molecule has 1 N–H and O–H groups in total. The Labute approximate surface area is 143 Å². The molecule has 0 aromatic carbocycles. The highest BCUT2D eigenvalue weighted by molar-refractivity contribution is 7.91. The fourth-order valence-electron chi connectivity index (χ4n) is 3.36. The second-order valence-corrected chi connectivity index (χ2v) is 9.09. The molecule has 1 aromatic rings. The molecule has 2 aliphatic rings. The maximum atomic E-state index is 12.3. The van der Waals surface area contributed by atoms with Crippen LogP contribution in [0.15, 0.2) is 24.4 Å². The van der Waals surface area contributed by atoms with E-state index in [0.29, 0.717) is 13.0 Å². The van der Waals surface area contributed by atoms with E-state index in [1.807, 2.05) is 25.1 Å². The molecular weight excluding hydrogens is 328 g/mol. The highest BCUT2D eigenvalue weighted by atomic mass is 32.2. The Morgan fingerprint density at radius 3 is 2.62 bits per heavy atom. The minimum absolute atomic E-state index is 0.0409. The number of nitrogens with one attached hydrogen (secondary N) is 1. The van der Waals surface area contributed by atoms with Crippen LogP contribution in [0.2, 0.25) is 0 Å². The van der Waals surface area contributed by atoms with Gasteiger partial charge >= 0.3 is 0 Å². The number of pyridine rings is 1. The minimum Gasteiger partial charge on any atom is -0.354 e. The topological polar surface area (TPSA) is 82.6 Å². The molecular formula is C16H24N4O3S. The number of hydrogen-bond acceptors (Lipinski definition) is 6. The fourth-order valence-corrected chi connectivity index (χ4v) is 5.46. The highest BCUT2D eigenvalue weighted by Gasteiger charge is 2.39. The van der Waals surface area contributed by atoms with Crippen molar-refractivity contribution in [3.05, 3.63) is 24.4 Å². The zero-order chi connectivity index (χ0) is 17.2. The first-order chi connectivity index (χ1) is 11.4. The number of anilines is 1. The normalized spacial score (nSPS) is 27.1. The molecule has 2 aliphatic heterocycles. The lowest BCUT2D eigenvalue weighted by Gasteiger charge is -2.35. The van der Waals surface area contributed by atoms with E-state index >= 15 is 0 Å². The number of amides is 1. The highest BCUT2D eigenvalue weighted by Crippen LogP contribution is 2.22. The van der Waals surface area contributed by atoms with Crippen LogP contribution in [0.25, 0.3) is 0 Å². The predicted molar refractivity (Wildman–Crippen MR) is 92.7 cm³/mol. The predicted octanol–water partition coefficient (Wildman–Crippen LogP) is -0.103. The molecule has 0 spiro atoms. The molecule has 3 heterocycles. The van der Waals surface area contributed by atoms with Gasteiger partial charge in [-0.15, -0.1) is 0 Å². The molecule has 1 aromatic heterocycles. The van der Waals surface area contributed by atoms with Crippen LogP contribution >= 0.6 is 0 Å². The molecule has 2 saturated heterocycles. The van der Waals surface area contributed by atoms with Crippen molar-refractivity contribution in [1.82, 2.24) is 15.2 Å². The lowest BCUT2D eigenvalue weighted by Crippen LogP contribution is -2.53. The fraction of sp³-hybridized carbons (Fsp3) is 0.625. The van der Waals surface area contributed by atoms with Gasteiger partial charge in [0.05, 0.1) is 23.6 Å². The summed E-state index contributed by atoms with van der Waals surface area (Å²) in [5.41, 5.74) is -0.619. The first-order valence-electron chi connectivity index (χ1n) is 8.25. The molecule has 7 nitrogen and oxygen atoms in total. The van der Waals surface area contributed by atoms with E-state index in [2.05, 4.69) is 20.1 Å². The van der Waals surface area contributed by atoms with Crippen molar-refractivity contribution < 1.29 is 13.2 Å². The van der Waals surface area contributed by atoms with Crippen LogP contribution in [-0.2, 0) is 14.6 Å². The van der Waals surface area contributed by atoms with Gasteiger partial charge in [0.15, 0.2) is 9.84 Å². The van der Waals surface area contributed by atoms with Gasteiger partial charge in [-0.3, -0.25) is 9.69 Å². The number of nitrogens with zero attached hydrogens (tertiary/aromatic N) is 3. The monoisotopic (exact) mass is 352 g/mol. The SMILES string of the molecule is C[C@]1(NC(=O)CN2CCN(c3ccccn3)CC2)CCS(=O)(=O)C1. The van der Waals surface area contributed by atoms with Crippen LogP contribution in [0.4, 0.5) is 5.82 Å². The third-order valence-electron chi connectivity index (χ3n) is 4.66. The van der Waals surface area contributed by atoms with Gasteiger partial charge in [0, 0.05) is 32.4 Å². The molecule has 0 aliphatic carbocycles. The molecule has 2 fully saturated rings. The molecule has 8 heteroatoms. The number of piperazine rings is 1. The number of sulfone groups is 1. The van der Waals surface area contributed by atoms with Gasteiger partial charge in [0.2, 0.25) is 5.91 Å². The summed E-state index contributed by atoms with van der Waals surface area (Å²) in [5, 5.41) is 2.92. The van der Waals surface area contributed by atoms with E-state index in [9.17, 15) is 13.2 Å². The van der Waals surface area contributed by atoms with Gasteiger partial charge in [0.25, 0.3) is 0 Å². The van der Waals surface area contributed by atoms with Crippen molar-refractivity contribution in [2.45, 2.75) is 18.9 Å². The van der Waals surface area contributed by atoms with Crippen molar-refractivity contribution in [2.24, 2.45) is 0 Å². The number of hydrogen-bond donors (Lipinski definition) is 1. The lowest BCUT2D eigenvalue weighted by atomic mass is 10.0. The van der Waals surface area contributed by atoms with E-state index in [4.69, 9.17) is 0 Å². The smallest absolute Gasteiger partial charge is 0.234 e. The van der Waals surface area contributed by atoms with Crippen molar-refractivity contribution in [1.29, 1.82) is 0 Å². The Morgan fingerprint density at radius 2 is 2.04 bits per heavy atom.